The molecule has 1 saturated heterocycles. The summed E-state index contributed by atoms with van der Waals surface area (Å²) in [6.45, 7) is 0.426. The zero-order valence-corrected chi connectivity index (χ0v) is 13.3. The van der Waals surface area contributed by atoms with Gasteiger partial charge in [-0.2, -0.15) is 0 Å². The van der Waals surface area contributed by atoms with E-state index in [4.69, 9.17) is 10.5 Å². The SMILES string of the molecule is COc1cccc(C(=O)N2CCC[C@@]2(C(N)=O)c2cnccn2)c1. The molecule has 0 bridgehead atoms. The lowest BCUT2D eigenvalue weighted by atomic mass is 9.90. The molecule has 1 aliphatic heterocycles. The summed E-state index contributed by atoms with van der Waals surface area (Å²) in [5, 5.41) is 0. The Hall–Kier alpha value is -2.96. The normalized spacial score (nSPS) is 20.0. The molecule has 124 valence electrons. The molecule has 24 heavy (non-hydrogen) atoms. The van der Waals surface area contributed by atoms with Crippen LogP contribution in [0, 0.1) is 0 Å². The highest BCUT2D eigenvalue weighted by Gasteiger charge is 2.51. The van der Waals surface area contributed by atoms with Gasteiger partial charge in [-0.1, -0.05) is 6.07 Å². The predicted molar refractivity (Wildman–Crippen MR) is 86.2 cm³/mol. The second-order valence-corrected chi connectivity index (χ2v) is 5.61. The quantitative estimate of drug-likeness (QED) is 0.907. The molecule has 1 fully saturated rings. The molecular formula is C17H18N4O3. The van der Waals surface area contributed by atoms with Gasteiger partial charge in [0.25, 0.3) is 5.91 Å². The van der Waals surface area contributed by atoms with Crippen molar-refractivity contribution in [2.24, 2.45) is 5.73 Å². The molecular weight excluding hydrogens is 308 g/mol. The second-order valence-electron chi connectivity index (χ2n) is 5.61. The number of nitrogens with zero attached hydrogens (tertiary/aromatic N) is 3. The van der Waals surface area contributed by atoms with Crippen molar-refractivity contribution < 1.29 is 14.3 Å². The van der Waals surface area contributed by atoms with Gasteiger partial charge >= 0.3 is 0 Å². The fourth-order valence-corrected chi connectivity index (χ4v) is 3.17. The van der Waals surface area contributed by atoms with Gasteiger partial charge in [-0.25, -0.2) is 0 Å². The van der Waals surface area contributed by atoms with E-state index < -0.39 is 11.4 Å². The van der Waals surface area contributed by atoms with Crippen LogP contribution < -0.4 is 10.5 Å². The number of carbonyl (C=O) groups is 2. The van der Waals surface area contributed by atoms with Crippen molar-refractivity contribution in [3.63, 3.8) is 0 Å². The van der Waals surface area contributed by atoms with Gasteiger partial charge in [0.1, 0.15) is 5.75 Å². The number of benzene rings is 1. The van der Waals surface area contributed by atoms with Crippen molar-refractivity contribution in [3.05, 3.63) is 54.1 Å². The van der Waals surface area contributed by atoms with Gasteiger partial charge in [0.15, 0.2) is 5.54 Å². The summed E-state index contributed by atoms with van der Waals surface area (Å²) >= 11 is 0. The fourth-order valence-electron chi connectivity index (χ4n) is 3.17. The number of methoxy groups -OCH3 is 1. The number of rotatable bonds is 4. The number of carbonyl (C=O) groups excluding carboxylic acids is 2. The number of likely N-dealkylation sites (tertiary alicyclic amines) is 1. The van der Waals surface area contributed by atoms with Crippen LogP contribution in [0.1, 0.15) is 28.9 Å². The molecule has 0 spiro atoms. The van der Waals surface area contributed by atoms with Gasteiger partial charge in [0, 0.05) is 24.5 Å². The highest BCUT2D eigenvalue weighted by Crippen LogP contribution is 2.38. The van der Waals surface area contributed by atoms with Gasteiger partial charge in [0.2, 0.25) is 5.91 Å². The van der Waals surface area contributed by atoms with Crippen LogP contribution in [0.15, 0.2) is 42.9 Å². The van der Waals surface area contributed by atoms with Crippen molar-refractivity contribution >= 4 is 11.8 Å². The molecule has 7 heteroatoms. The maximum atomic E-state index is 13.0. The second kappa shape index (κ2) is 6.27. The van der Waals surface area contributed by atoms with E-state index in [1.807, 2.05) is 0 Å². The number of hydrogen-bond acceptors (Lipinski definition) is 5. The average Bonchev–Trinajstić information content (AvgIpc) is 3.08. The minimum absolute atomic E-state index is 0.282. The topological polar surface area (TPSA) is 98.4 Å². The molecule has 2 aromatic rings. The van der Waals surface area contributed by atoms with Crippen molar-refractivity contribution in [1.82, 2.24) is 14.9 Å². The summed E-state index contributed by atoms with van der Waals surface area (Å²) in [5.74, 6) is -0.308. The van der Waals surface area contributed by atoms with Crippen LogP contribution in [0.25, 0.3) is 0 Å². The van der Waals surface area contributed by atoms with Crippen LogP contribution >= 0.6 is 0 Å². The highest BCUT2D eigenvalue weighted by molar-refractivity contribution is 5.99. The lowest BCUT2D eigenvalue weighted by Crippen LogP contribution is -2.54. The van der Waals surface area contributed by atoms with E-state index in [0.717, 1.165) is 0 Å². The number of primary amides is 1. The first-order valence-electron chi connectivity index (χ1n) is 7.62. The Balaban J connectivity index is 2.05. The minimum atomic E-state index is -1.27. The Morgan fingerprint density at radius 3 is 2.83 bits per heavy atom. The zero-order valence-electron chi connectivity index (χ0n) is 13.3. The van der Waals surface area contributed by atoms with Crippen LogP contribution in [0.4, 0.5) is 0 Å². The van der Waals surface area contributed by atoms with Gasteiger partial charge in [-0.15, -0.1) is 0 Å². The third-order valence-electron chi connectivity index (χ3n) is 4.34. The molecule has 1 aromatic heterocycles. The summed E-state index contributed by atoms with van der Waals surface area (Å²) in [6.07, 6.45) is 5.59. The van der Waals surface area contributed by atoms with E-state index in [1.165, 1.54) is 30.6 Å². The Bertz CT molecular complexity index is 765. The highest BCUT2D eigenvalue weighted by atomic mass is 16.5. The fraction of sp³-hybridized carbons (Fsp3) is 0.294. The largest absolute Gasteiger partial charge is 0.497 e. The van der Waals surface area contributed by atoms with Crippen LogP contribution in [-0.4, -0.2) is 40.3 Å². The number of ether oxygens (including phenoxy) is 1. The van der Waals surface area contributed by atoms with E-state index in [-0.39, 0.29) is 5.91 Å². The summed E-state index contributed by atoms with van der Waals surface area (Å²) in [5.41, 5.74) is 5.26. The van der Waals surface area contributed by atoms with Crippen LogP contribution in [0.5, 0.6) is 5.75 Å². The first-order valence-corrected chi connectivity index (χ1v) is 7.62. The number of amides is 2. The third-order valence-corrected chi connectivity index (χ3v) is 4.34. The summed E-state index contributed by atoms with van der Waals surface area (Å²) in [4.78, 5) is 35.1. The number of hydrogen-bond donors (Lipinski definition) is 1. The van der Waals surface area contributed by atoms with Crippen LogP contribution in [0.3, 0.4) is 0 Å². The Morgan fingerprint density at radius 1 is 1.33 bits per heavy atom. The third kappa shape index (κ3) is 2.47. The van der Waals surface area contributed by atoms with Crippen molar-refractivity contribution in [2.45, 2.75) is 18.4 Å². The van der Waals surface area contributed by atoms with Gasteiger partial charge < -0.3 is 15.4 Å². The van der Waals surface area contributed by atoms with Crippen LogP contribution in [0.2, 0.25) is 0 Å². The molecule has 2 N–H and O–H groups in total. The van der Waals surface area contributed by atoms with E-state index in [1.54, 1.807) is 24.3 Å². The molecule has 2 heterocycles. The van der Waals surface area contributed by atoms with Gasteiger partial charge in [-0.05, 0) is 31.0 Å². The molecule has 0 saturated carbocycles. The van der Waals surface area contributed by atoms with E-state index in [2.05, 4.69) is 9.97 Å². The molecule has 2 amide bonds. The molecule has 1 atom stereocenters. The predicted octanol–water partition coefficient (Wildman–Crippen LogP) is 1.10. The first-order chi connectivity index (χ1) is 11.6. The summed E-state index contributed by atoms with van der Waals surface area (Å²) in [6, 6.07) is 6.82. The molecule has 1 aliphatic rings. The van der Waals surface area contributed by atoms with E-state index >= 15 is 0 Å². The Labute approximate surface area is 139 Å². The first kappa shape index (κ1) is 15.9. The summed E-state index contributed by atoms with van der Waals surface area (Å²) in [7, 11) is 1.53. The average molecular weight is 326 g/mol. The smallest absolute Gasteiger partial charge is 0.255 e. The minimum Gasteiger partial charge on any atom is -0.497 e. The van der Waals surface area contributed by atoms with Crippen LogP contribution in [-0.2, 0) is 10.3 Å². The molecule has 1 aromatic carbocycles. The van der Waals surface area contributed by atoms with Crippen molar-refractivity contribution in [2.75, 3.05) is 13.7 Å². The number of aromatic nitrogens is 2. The molecule has 7 nitrogen and oxygen atoms in total. The standard InChI is InChI=1S/C17H18N4O3/c1-24-13-5-2-4-12(10-13)15(22)21-9-3-6-17(21,16(18)23)14-11-19-7-8-20-14/h2,4-5,7-8,10-11H,3,6,9H2,1H3,(H2,18,23)/t17-/m0/s1. The molecule has 0 aliphatic carbocycles. The zero-order chi connectivity index (χ0) is 17.2. The Morgan fingerprint density at radius 2 is 2.17 bits per heavy atom. The maximum absolute atomic E-state index is 13.0. The van der Waals surface area contributed by atoms with E-state index in [9.17, 15) is 9.59 Å². The number of nitrogens with two attached hydrogens (primary N) is 1. The Kier molecular flexibility index (Phi) is 4.16. The summed E-state index contributed by atoms with van der Waals surface area (Å²) < 4.78 is 5.17. The maximum Gasteiger partial charge on any atom is 0.255 e. The lowest BCUT2D eigenvalue weighted by molar-refractivity contribution is -0.128. The monoisotopic (exact) mass is 326 g/mol. The lowest BCUT2D eigenvalue weighted by Gasteiger charge is -2.35. The molecule has 0 unspecified atom stereocenters. The molecule has 0 radical (unpaired) electrons. The van der Waals surface area contributed by atoms with E-state index in [0.29, 0.717) is 36.4 Å². The van der Waals surface area contributed by atoms with Crippen molar-refractivity contribution in [1.29, 1.82) is 0 Å². The van der Waals surface area contributed by atoms with Gasteiger partial charge in [-0.3, -0.25) is 19.6 Å². The molecule has 3 rings (SSSR count). The van der Waals surface area contributed by atoms with Crippen molar-refractivity contribution in [3.8, 4) is 5.75 Å². The van der Waals surface area contributed by atoms with Gasteiger partial charge in [0.05, 0.1) is 19.0 Å².